The van der Waals surface area contributed by atoms with Gasteiger partial charge in [0, 0.05) is 15.3 Å². The molecule has 2 nitrogen and oxygen atoms in total. The summed E-state index contributed by atoms with van der Waals surface area (Å²) in [6, 6.07) is 8.07. The number of fused-ring (bicyclic) bond motifs is 1. The van der Waals surface area contributed by atoms with E-state index in [4.69, 9.17) is 4.74 Å². The molecule has 0 spiro atoms. The molecule has 2 heterocycles. The summed E-state index contributed by atoms with van der Waals surface area (Å²) in [5, 5.41) is 0. The van der Waals surface area contributed by atoms with E-state index in [0.717, 1.165) is 21.6 Å². The average Bonchev–Trinajstić information content (AvgIpc) is 2.77. The van der Waals surface area contributed by atoms with Gasteiger partial charge >= 0.3 is 0 Å². The summed E-state index contributed by atoms with van der Waals surface area (Å²) < 4.78 is 5.76. The maximum atomic E-state index is 12.6. The van der Waals surface area contributed by atoms with E-state index in [-0.39, 0.29) is 5.78 Å². The van der Waals surface area contributed by atoms with E-state index in [2.05, 4.69) is 13.0 Å². The van der Waals surface area contributed by atoms with E-state index < -0.39 is 0 Å². The maximum Gasteiger partial charge on any atom is 0.196 e. The van der Waals surface area contributed by atoms with Gasteiger partial charge in [0.2, 0.25) is 0 Å². The van der Waals surface area contributed by atoms with Crippen molar-refractivity contribution in [3.63, 3.8) is 0 Å². The van der Waals surface area contributed by atoms with Crippen molar-refractivity contribution in [2.24, 2.45) is 0 Å². The molecule has 0 N–H and O–H groups in total. The van der Waals surface area contributed by atoms with E-state index in [1.54, 1.807) is 11.3 Å². The number of carbonyl (C=O) groups excluding carboxylic acids is 1. The summed E-state index contributed by atoms with van der Waals surface area (Å²) in [5.41, 5.74) is 3.54. The van der Waals surface area contributed by atoms with Gasteiger partial charge < -0.3 is 4.74 Å². The van der Waals surface area contributed by atoms with E-state index in [0.29, 0.717) is 17.9 Å². The van der Waals surface area contributed by atoms with Crippen LogP contribution in [0.15, 0.2) is 29.8 Å². The second kappa shape index (κ2) is 4.91. The highest BCUT2D eigenvalue weighted by atomic mass is 32.1. The van der Waals surface area contributed by atoms with Gasteiger partial charge in [-0.1, -0.05) is 6.07 Å². The molecule has 2 aromatic rings. The molecule has 0 amide bonds. The lowest BCUT2D eigenvalue weighted by molar-refractivity contribution is 0.1000. The minimum absolute atomic E-state index is 0.0924. The van der Waals surface area contributed by atoms with Crippen LogP contribution < -0.4 is 4.74 Å². The van der Waals surface area contributed by atoms with Crippen LogP contribution in [-0.2, 0) is 0 Å². The van der Waals surface area contributed by atoms with Crippen molar-refractivity contribution in [3.8, 4) is 5.75 Å². The number of hydrogen-bond donors (Lipinski definition) is 0. The summed E-state index contributed by atoms with van der Waals surface area (Å²) in [6.07, 6.45) is 1.95. The van der Waals surface area contributed by atoms with Crippen molar-refractivity contribution in [2.75, 3.05) is 6.61 Å². The lowest BCUT2D eigenvalue weighted by atomic mass is 9.94. The summed E-state index contributed by atoms with van der Waals surface area (Å²) in [4.78, 5) is 15.0. The minimum atomic E-state index is 0.0924. The van der Waals surface area contributed by atoms with Gasteiger partial charge in [0.25, 0.3) is 0 Å². The van der Waals surface area contributed by atoms with Crippen LogP contribution in [0.1, 0.15) is 31.2 Å². The molecule has 1 aliphatic rings. The minimum Gasteiger partial charge on any atom is -0.488 e. The first kappa shape index (κ1) is 13.1. The smallest absolute Gasteiger partial charge is 0.196 e. The molecule has 3 rings (SSSR count). The lowest BCUT2D eigenvalue weighted by Crippen LogP contribution is -2.20. The number of ether oxygens (including phenoxy) is 1. The van der Waals surface area contributed by atoms with Gasteiger partial charge in [-0.05, 0) is 56.2 Å². The summed E-state index contributed by atoms with van der Waals surface area (Å²) >= 11 is 1.69. The van der Waals surface area contributed by atoms with Crippen molar-refractivity contribution in [1.82, 2.24) is 0 Å². The molecule has 0 radical (unpaired) electrons. The Bertz CT molecular complexity index is 723. The van der Waals surface area contributed by atoms with Crippen LogP contribution in [0.5, 0.6) is 5.75 Å². The molecule has 0 fully saturated rings. The van der Waals surface area contributed by atoms with Crippen LogP contribution >= 0.6 is 11.3 Å². The van der Waals surface area contributed by atoms with Gasteiger partial charge in [-0.2, -0.15) is 0 Å². The Balaban J connectivity index is 2.03. The van der Waals surface area contributed by atoms with E-state index in [1.807, 2.05) is 38.1 Å². The number of benzene rings is 1. The van der Waals surface area contributed by atoms with Gasteiger partial charge in [0.05, 0.1) is 5.56 Å². The largest absolute Gasteiger partial charge is 0.488 e. The Labute approximate surface area is 122 Å². The predicted molar refractivity (Wildman–Crippen MR) is 82.8 cm³/mol. The Morgan fingerprint density at radius 3 is 2.70 bits per heavy atom. The van der Waals surface area contributed by atoms with E-state index in [1.165, 1.54) is 4.88 Å². The number of ketones is 1. The van der Waals surface area contributed by atoms with Crippen LogP contribution in [-0.4, -0.2) is 12.4 Å². The molecular formula is C17H16O2S. The first-order valence-corrected chi connectivity index (χ1v) is 7.42. The predicted octanol–water partition coefficient (Wildman–Crippen LogP) is 4.33. The number of Topliss-reactive ketones (excluding diaryl/α,β-unsaturated/α-hetero) is 1. The SMILES string of the molecule is Cc1cc(C)c2c(c1)OCC(=Cc1ccc(C)s1)C2=O. The third-order valence-corrected chi connectivity index (χ3v) is 4.37. The van der Waals surface area contributed by atoms with Gasteiger partial charge in [-0.25, -0.2) is 0 Å². The first-order valence-electron chi connectivity index (χ1n) is 6.60. The van der Waals surface area contributed by atoms with Crippen LogP contribution in [0.3, 0.4) is 0 Å². The summed E-state index contributed by atoms with van der Waals surface area (Å²) in [7, 11) is 0. The first-order chi connectivity index (χ1) is 9.54. The van der Waals surface area contributed by atoms with E-state index in [9.17, 15) is 4.79 Å². The van der Waals surface area contributed by atoms with Crippen LogP contribution in [0.2, 0.25) is 0 Å². The highest BCUT2D eigenvalue weighted by Gasteiger charge is 2.25. The molecule has 0 saturated heterocycles. The van der Waals surface area contributed by atoms with Gasteiger partial charge in [-0.3, -0.25) is 4.79 Å². The van der Waals surface area contributed by atoms with Crippen LogP contribution in [0.4, 0.5) is 0 Å². The molecular weight excluding hydrogens is 268 g/mol. The summed E-state index contributed by atoms with van der Waals surface area (Å²) in [6.45, 7) is 6.39. The molecule has 102 valence electrons. The fraction of sp³-hybridized carbons (Fsp3) is 0.235. The standard InChI is InChI=1S/C17H16O2S/c1-10-6-11(2)16-15(7-10)19-9-13(17(16)18)8-14-5-4-12(3)20-14/h4-8H,9H2,1-3H3. The van der Waals surface area contributed by atoms with Crippen molar-refractivity contribution in [1.29, 1.82) is 0 Å². The zero-order chi connectivity index (χ0) is 14.3. The van der Waals surface area contributed by atoms with Crippen LogP contribution in [0.25, 0.3) is 6.08 Å². The molecule has 0 bridgehead atoms. The molecule has 1 aromatic carbocycles. The van der Waals surface area contributed by atoms with Crippen molar-refractivity contribution in [3.05, 3.63) is 56.3 Å². The number of rotatable bonds is 1. The highest BCUT2D eigenvalue weighted by Crippen LogP contribution is 2.32. The molecule has 0 aliphatic carbocycles. The van der Waals surface area contributed by atoms with Crippen molar-refractivity contribution >= 4 is 23.2 Å². The quantitative estimate of drug-likeness (QED) is 0.728. The fourth-order valence-corrected chi connectivity index (χ4v) is 3.37. The van der Waals surface area contributed by atoms with Gasteiger partial charge in [-0.15, -0.1) is 11.3 Å². The normalized spacial score (nSPS) is 16.1. The molecule has 0 unspecified atom stereocenters. The molecule has 1 aromatic heterocycles. The van der Waals surface area contributed by atoms with Gasteiger partial charge in [0.1, 0.15) is 12.4 Å². The third kappa shape index (κ3) is 2.29. The van der Waals surface area contributed by atoms with Crippen LogP contribution in [0, 0.1) is 20.8 Å². The Hall–Kier alpha value is -1.87. The molecule has 3 heteroatoms. The average molecular weight is 284 g/mol. The number of hydrogen-bond acceptors (Lipinski definition) is 3. The Morgan fingerprint density at radius 2 is 2.00 bits per heavy atom. The topological polar surface area (TPSA) is 26.3 Å². The fourth-order valence-electron chi connectivity index (χ4n) is 2.52. The Kier molecular flexibility index (Phi) is 3.22. The number of aryl methyl sites for hydroxylation is 3. The third-order valence-electron chi connectivity index (χ3n) is 3.42. The molecule has 0 atom stereocenters. The zero-order valence-electron chi connectivity index (χ0n) is 11.8. The monoisotopic (exact) mass is 284 g/mol. The van der Waals surface area contributed by atoms with E-state index >= 15 is 0 Å². The summed E-state index contributed by atoms with van der Waals surface area (Å²) in [5.74, 6) is 0.807. The highest BCUT2D eigenvalue weighted by molar-refractivity contribution is 7.12. The lowest BCUT2D eigenvalue weighted by Gasteiger charge is -2.21. The maximum absolute atomic E-state index is 12.6. The van der Waals surface area contributed by atoms with Gasteiger partial charge in [0.15, 0.2) is 5.78 Å². The zero-order valence-corrected chi connectivity index (χ0v) is 12.6. The Morgan fingerprint density at radius 1 is 1.20 bits per heavy atom. The number of carbonyl (C=O) groups is 1. The second-order valence-corrected chi connectivity index (χ2v) is 6.51. The van der Waals surface area contributed by atoms with Crippen molar-refractivity contribution in [2.45, 2.75) is 20.8 Å². The van der Waals surface area contributed by atoms with Crippen molar-refractivity contribution < 1.29 is 9.53 Å². The molecule has 20 heavy (non-hydrogen) atoms. The number of thiophene rings is 1. The molecule has 0 saturated carbocycles. The molecule has 1 aliphatic heterocycles. The second-order valence-electron chi connectivity index (χ2n) is 5.19.